The van der Waals surface area contributed by atoms with Gasteiger partial charge in [-0.2, -0.15) is 0 Å². The van der Waals surface area contributed by atoms with Crippen LogP contribution in [0.15, 0.2) is 12.1 Å². The van der Waals surface area contributed by atoms with Gasteiger partial charge in [-0.25, -0.2) is 9.59 Å². The molecule has 1 rings (SSSR count). The maximum Gasteiger partial charge on any atom is 0.336 e. The van der Waals surface area contributed by atoms with Gasteiger partial charge in [0.2, 0.25) is 0 Å². The maximum absolute atomic E-state index is 12.9. The SMILES string of the molecule is CCCCCCCCCC(CCCCCC)c1ccc(C(=O)O)c(C(=O)O)c1C(CCCCCC)CCCCCCCCC. The van der Waals surface area contributed by atoms with Crippen LogP contribution in [-0.2, 0) is 0 Å². The summed E-state index contributed by atoms with van der Waals surface area (Å²) >= 11 is 0. The third-order valence-corrected chi connectivity index (χ3v) is 9.70. The van der Waals surface area contributed by atoms with Gasteiger partial charge in [-0.05, 0) is 54.7 Å². The highest BCUT2D eigenvalue weighted by Gasteiger charge is 2.30. The molecule has 0 spiro atoms. The molecule has 0 aliphatic carbocycles. The largest absolute Gasteiger partial charge is 0.478 e. The molecule has 0 amide bonds. The number of benzene rings is 1. The molecule has 0 bridgehead atoms. The van der Waals surface area contributed by atoms with Crippen LogP contribution in [0.25, 0.3) is 0 Å². The molecular formula is C40H70O4. The predicted octanol–water partition coefficient (Wildman–Crippen LogP) is 13.5. The first-order valence-corrected chi connectivity index (χ1v) is 19.1. The molecule has 0 aliphatic rings. The van der Waals surface area contributed by atoms with Crippen molar-refractivity contribution in [3.63, 3.8) is 0 Å². The predicted molar refractivity (Wildman–Crippen MR) is 189 cm³/mol. The lowest BCUT2D eigenvalue weighted by Crippen LogP contribution is -2.18. The summed E-state index contributed by atoms with van der Waals surface area (Å²) in [4.78, 5) is 25.3. The highest BCUT2D eigenvalue weighted by atomic mass is 16.4. The Morgan fingerprint density at radius 1 is 0.477 bits per heavy atom. The summed E-state index contributed by atoms with van der Waals surface area (Å²) < 4.78 is 0. The minimum absolute atomic E-state index is 0.0324. The second kappa shape index (κ2) is 26.4. The first kappa shape index (κ1) is 40.2. The van der Waals surface area contributed by atoms with Gasteiger partial charge in [-0.15, -0.1) is 0 Å². The Labute approximate surface area is 272 Å². The van der Waals surface area contributed by atoms with E-state index in [1.54, 1.807) is 6.07 Å². The van der Waals surface area contributed by atoms with Gasteiger partial charge in [0.15, 0.2) is 0 Å². The molecule has 4 nitrogen and oxygen atoms in total. The smallest absolute Gasteiger partial charge is 0.336 e. The van der Waals surface area contributed by atoms with Crippen LogP contribution in [0.2, 0.25) is 0 Å². The quantitative estimate of drug-likeness (QED) is 0.0845. The summed E-state index contributed by atoms with van der Waals surface area (Å²) in [5.41, 5.74) is 2.08. The number of hydrogen-bond donors (Lipinski definition) is 2. The van der Waals surface area contributed by atoms with Crippen LogP contribution >= 0.6 is 0 Å². The molecule has 0 saturated heterocycles. The van der Waals surface area contributed by atoms with E-state index in [-0.39, 0.29) is 17.0 Å². The Morgan fingerprint density at radius 2 is 0.818 bits per heavy atom. The van der Waals surface area contributed by atoms with Gasteiger partial charge in [0.05, 0.1) is 11.1 Å². The Bertz CT molecular complexity index is 876. The number of carboxylic acid groups (broad SMARTS) is 2. The fourth-order valence-electron chi connectivity index (χ4n) is 7.06. The van der Waals surface area contributed by atoms with Crippen molar-refractivity contribution in [3.8, 4) is 0 Å². The molecule has 2 unspecified atom stereocenters. The van der Waals surface area contributed by atoms with Crippen LogP contribution in [0.1, 0.15) is 238 Å². The molecule has 0 aliphatic heterocycles. The van der Waals surface area contributed by atoms with E-state index in [0.29, 0.717) is 5.92 Å². The molecule has 44 heavy (non-hydrogen) atoms. The van der Waals surface area contributed by atoms with Crippen molar-refractivity contribution in [3.05, 3.63) is 34.4 Å². The zero-order valence-electron chi connectivity index (χ0n) is 29.4. The summed E-state index contributed by atoms with van der Waals surface area (Å²) in [7, 11) is 0. The van der Waals surface area contributed by atoms with E-state index in [9.17, 15) is 19.8 Å². The second-order valence-corrected chi connectivity index (χ2v) is 13.5. The van der Waals surface area contributed by atoms with E-state index < -0.39 is 11.9 Å². The normalized spacial score (nSPS) is 12.8. The monoisotopic (exact) mass is 615 g/mol. The van der Waals surface area contributed by atoms with Gasteiger partial charge >= 0.3 is 11.9 Å². The molecule has 2 N–H and O–H groups in total. The minimum atomic E-state index is -1.12. The Hall–Kier alpha value is -1.84. The molecule has 0 fully saturated rings. The lowest BCUT2D eigenvalue weighted by Gasteiger charge is -2.28. The van der Waals surface area contributed by atoms with Crippen molar-refractivity contribution in [2.45, 2.75) is 206 Å². The van der Waals surface area contributed by atoms with Crippen LogP contribution < -0.4 is 0 Å². The molecule has 0 radical (unpaired) electrons. The average molecular weight is 615 g/mol. The molecule has 0 saturated carbocycles. The van der Waals surface area contributed by atoms with Gasteiger partial charge in [0, 0.05) is 0 Å². The van der Waals surface area contributed by atoms with Gasteiger partial charge in [0.1, 0.15) is 0 Å². The van der Waals surface area contributed by atoms with E-state index in [4.69, 9.17) is 0 Å². The summed E-state index contributed by atoms with van der Waals surface area (Å²) in [5, 5.41) is 20.7. The molecule has 1 aromatic rings. The first-order chi connectivity index (χ1) is 21.4. The summed E-state index contributed by atoms with van der Waals surface area (Å²) in [6.45, 7) is 8.97. The van der Waals surface area contributed by atoms with E-state index in [1.807, 2.05) is 6.07 Å². The Kier molecular flexibility index (Phi) is 24.1. The first-order valence-electron chi connectivity index (χ1n) is 19.1. The number of unbranched alkanes of at least 4 members (excludes halogenated alkanes) is 18. The number of rotatable bonds is 30. The molecule has 0 heterocycles. The number of aromatic carboxylic acids is 2. The van der Waals surface area contributed by atoms with E-state index in [0.717, 1.165) is 68.9 Å². The molecule has 1 aromatic carbocycles. The summed E-state index contributed by atoms with van der Waals surface area (Å²) in [5.74, 6) is -1.79. The minimum Gasteiger partial charge on any atom is -0.478 e. The number of carbonyl (C=O) groups is 2. The topological polar surface area (TPSA) is 74.6 Å². The third-order valence-electron chi connectivity index (χ3n) is 9.70. The van der Waals surface area contributed by atoms with Crippen molar-refractivity contribution < 1.29 is 19.8 Å². The molecule has 0 aromatic heterocycles. The standard InChI is InChI=1S/C40H70O4/c1-5-9-13-17-19-21-25-28-33(27-23-15-11-7-3)35-31-32-36(39(41)42)38(40(43)44)37(35)34(29-24-16-12-8-4)30-26-22-20-18-14-10-6-2/h31-34H,5-30H2,1-4H3,(H,41,42)(H,43,44). The van der Waals surface area contributed by atoms with Crippen molar-refractivity contribution >= 4 is 11.9 Å². The third kappa shape index (κ3) is 16.5. The highest BCUT2D eigenvalue weighted by molar-refractivity contribution is 6.03. The van der Waals surface area contributed by atoms with Gasteiger partial charge in [0.25, 0.3) is 0 Å². The summed E-state index contributed by atoms with van der Waals surface area (Å²) in [6.07, 6.45) is 30.8. The van der Waals surface area contributed by atoms with Gasteiger partial charge in [-0.1, -0.05) is 175 Å². The van der Waals surface area contributed by atoms with Crippen molar-refractivity contribution in [2.24, 2.45) is 0 Å². The van der Waals surface area contributed by atoms with Crippen LogP contribution in [0.3, 0.4) is 0 Å². The van der Waals surface area contributed by atoms with Gasteiger partial charge in [-0.3, -0.25) is 0 Å². The Balaban J connectivity index is 3.42. The summed E-state index contributed by atoms with van der Waals surface area (Å²) in [6, 6.07) is 3.64. The van der Waals surface area contributed by atoms with E-state index in [1.165, 1.54) is 109 Å². The molecule has 2 atom stereocenters. The van der Waals surface area contributed by atoms with Crippen LogP contribution in [-0.4, -0.2) is 22.2 Å². The lowest BCUT2D eigenvalue weighted by atomic mass is 9.76. The zero-order chi connectivity index (χ0) is 32.4. The van der Waals surface area contributed by atoms with E-state index >= 15 is 0 Å². The van der Waals surface area contributed by atoms with Crippen molar-refractivity contribution in [2.75, 3.05) is 0 Å². The van der Waals surface area contributed by atoms with Crippen LogP contribution in [0.4, 0.5) is 0 Å². The number of hydrogen-bond acceptors (Lipinski definition) is 2. The van der Waals surface area contributed by atoms with Crippen molar-refractivity contribution in [1.29, 1.82) is 0 Å². The molecular weight excluding hydrogens is 544 g/mol. The number of carboxylic acids is 2. The van der Waals surface area contributed by atoms with Crippen LogP contribution in [0, 0.1) is 0 Å². The molecule has 254 valence electrons. The lowest BCUT2D eigenvalue weighted by molar-refractivity contribution is 0.0649. The van der Waals surface area contributed by atoms with Gasteiger partial charge < -0.3 is 10.2 Å². The second-order valence-electron chi connectivity index (χ2n) is 13.5. The maximum atomic E-state index is 12.9. The molecule has 4 heteroatoms. The highest BCUT2D eigenvalue weighted by Crippen LogP contribution is 2.41. The van der Waals surface area contributed by atoms with Crippen molar-refractivity contribution in [1.82, 2.24) is 0 Å². The fraction of sp³-hybridized carbons (Fsp3) is 0.800. The average Bonchev–Trinajstić information content (AvgIpc) is 3.01. The van der Waals surface area contributed by atoms with E-state index in [2.05, 4.69) is 27.7 Å². The fourth-order valence-corrected chi connectivity index (χ4v) is 7.06. The zero-order valence-corrected chi connectivity index (χ0v) is 29.4. The Morgan fingerprint density at radius 3 is 1.18 bits per heavy atom. The van der Waals surface area contributed by atoms with Crippen LogP contribution in [0.5, 0.6) is 0 Å².